The van der Waals surface area contributed by atoms with E-state index in [1.165, 1.54) is 45.5 Å². The molecule has 190 valence electrons. The van der Waals surface area contributed by atoms with Crippen LogP contribution in [0.15, 0.2) is 53.6 Å². The molecule has 0 radical (unpaired) electrons. The Morgan fingerprint density at radius 2 is 1.75 bits per heavy atom. The van der Waals surface area contributed by atoms with Crippen molar-refractivity contribution in [2.24, 2.45) is 0 Å². The van der Waals surface area contributed by atoms with E-state index in [1.807, 2.05) is 43.3 Å². The molecule has 1 amide bonds. The summed E-state index contributed by atoms with van der Waals surface area (Å²) in [5, 5.41) is 13.1. The molecule has 4 rings (SSSR count). The largest absolute Gasteiger partial charge is 0.342 e. The molecular weight excluding hydrogens is 488 g/mol. The van der Waals surface area contributed by atoms with Gasteiger partial charge in [0.2, 0.25) is 5.95 Å². The van der Waals surface area contributed by atoms with Gasteiger partial charge in [-0.25, -0.2) is 13.8 Å². The van der Waals surface area contributed by atoms with Crippen LogP contribution in [-0.4, -0.2) is 71.7 Å². The van der Waals surface area contributed by atoms with E-state index in [0.717, 1.165) is 23.6 Å². The Morgan fingerprint density at radius 3 is 2.39 bits per heavy atom. The van der Waals surface area contributed by atoms with Crippen LogP contribution in [0.5, 0.6) is 0 Å². The summed E-state index contributed by atoms with van der Waals surface area (Å²) >= 11 is 1.22. The summed E-state index contributed by atoms with van der Waals surface area (Å²) in [6, 6.07) is 9.64. The Bertz CT molecular complexity index is 1230. The van der Waals surface area contributed by atoms with Crippen LogP contribution in [0.1, 0.15) is 11.6 Å². The SMILES string of the molecule is CN(C)CCN(O)Sc1ccc(Nc2ncc3c(n2)N(C)C(c2c(F)cccc2F)C(=O)N3C)cc1. The van der Waals surface area contributed by atoms with Crippen LogP contribution in [0.25, 0.3) is 0 Å². The van der Waals surface area contributed by atoms with E-state index in [4.69, 9.17) is 0 Å². The van der Waals surface area contributed by atoms with E-state index in [9.17, 15) is 18.8 Å². The van der Waals surface area contributed by atoms with Gasteiger partial charge >= 0.3 is 0 Å². The number of fused-ring (bicyclic) bond motifs is 1. The number of anilines is 4. The molecule has 2 N–H and O–H groups in total. The van der Waals surface area contributed by atoms with E-state index in [2.05, 4.69) is 15.3 Å². The first kappa shape index (κ1) is 25.8. The van der Waals surface area contributed by atoms with E-state index in [-0.39, 0.29) is 11.5 Å². The van der Waals surface area contributed by atoms with Crippen molar-refractivity contribution in [1.82, 2.24) is 19.3 Å². The van der Waals surface area contributed by atoms with Crippen molar-refractivity contribution in [3.8, 4) is 0 Å². The molecule has 0 bridgehead atoms. The van der Waals surface area contributed by atoms with E-state index in [0.29, 0.717) is 23.7 Å². The first-order valence-electron chi connectivity index (χ1n) is 11.1. The lowest BCUT2D eigenvalue weighted by Gasteiger charge is -2.38. The lowest BCUT2D eigenvalue weighted by Crippen LogP contribution is -2.46. The van der Waals surface area contributed by atoms with Gasteiger partial charge in [-0.3, -0.25) is 4.79 Å². The van der Waals surface area contributed by atoms with Crippen molar-refractivity contribution in [3.63, 3.8) is 0 Å². The van der Waals surface area contributed by atoms with Crippen molar-refractivity contribution in [2.45, 2.75) is 10.9 Å². The summed E-state index contributed by atoms with van der Waals surface area (Å²) in [5.74, 6) is -1.48. The average molecular weight is 516 g/mol. The molecule has 0 saturated carbocycles. The Hall–Kier alpha value is -3.32. The fourth-order valence-corrected chi connectivity index (χ4v) is 4.46. The molecule has 0 saturated heterocycles. The zero-order valence-corrected chi connectivity index (χ0v) is 21.1. The minimum atomic E-state index is -1.21. The number of rotatable bonds is 8. The Morgan fingerprint density at radius 1 is 1.08 bits per heavy atom. The highest BCUT2D eigenvalue weighted by Crippen LogP contribution is 2.40. The van der Waals surface area contributed by atoms with Crippen LogP contribution < -0.4 is 15.1 Å². The Kier molecular flexibility index (Phi) is 7.69. The molecule has 0 aliphatic carbocycles. The topological polar surface area (TPSA) is 88.1 Å². The maximum Gasteiger partial charge on any atom is 0.254 e. The van der Waals surface area contributed by atoms with Gasteiger partial charge in [0.05, 0.1) is 11.8 Å². The molecule has 1 unspecified atom stereocenters. The second-order valence-electron chi connectivity index (χ2n) is 8.57. The van der Waals surface area contributed by atoms with Crippen LogP contribution in [-0.2, 0) is 4.79 Å². The van der Waals surface area contributed by atoms with Gasteiger partial charge in [0.15, 0.2) is 5.82 Å². The molecule has 12 heteroatoms. The number of hydrogen-bond donors (Lipinski definition) is 2. The minimum Gasteiger partial charge on any atom is -0.342 e. The third-order valence-electron chi connectivity index (χ3n) is 5.73. The number of aromatic nitrogens is 2. The number of hydrogen-bond acceptors (Lipinski definition) is 9. The Labute approximate surface area is 212 Å². The first-order valence-corrected chi connectivity index (χ1v) is 11.9. The molecule has 2 heterocycles. The molecule has 9 nitrogen and oxygen atoms in total. The molecule has 0 fully saturated rings. The summed E-state index contributed by atoms with van der Waals surface area (Å²) in [6.07, 6.45) is 1.49. The summed E-state index contributed by atoms with van der Waals surface area (Å²) in [5.41, 5.74) is 0.803. The molecule has 3 aromatic rings. The molecule has 1 atom stereocenters. The van der Waals surface area contributed by atoms with Crippen LogP contribution in [0.3, 0.4) is 0 Å². The zero-order chi connectivity index (χ0) is 26.0. The number of amides is 1. The van der Waals surface area contributed by atoms with Crippen molar-refractivity contribution in [1.29, 1.82) is 0 Å². The molecule has 0 spiro atoms. The second-order valence-corrected chi connectivity index (χ2v) is 9.64. The quantitative estimate of drug-likeness (QED) is 0.342. The smallest absolute Gasteiger partial charge is 0.254 e. The van der Waals surface area contributed by atoms with Gasteiger partial charge in [-0.05, 0) is 62.4 Å². The lowest BCUT2D eigenvalue weighted by molar-refractivity contribution is -0.120. The summed E-state index contributed by atoms with van der Waals surface area (Å²) in [7, 11) is 6.97. The second kappa shape index (κ2) is 10.7. The summed E-state index contributed by atoms with van der Waals surface area (Å²) < 4.78 is 30.3. The summed E-state index contributed by atoms with van der Waals surface area (Å²) in [4.78, 5) is 27.4. The zero-order valence-electron chi connectivity index (χ0n) is 20.3. The lowest BCUT2D eigenvalue weighted by atomic mass is 10.0. The number of halogens is 2. The van der Waals surface area contributed by atoms with E-state index in [1.54, 1.807) is 7.05 Å². The van der Waals surface area contributed by atoms with Gasteiger partial charge in [0.1, 0.15) is 23.4 Å². The van der Waals surface area contributed by atoms with Gasteiger partial charge in [-0.15, -0.1) is 4.47 Å². The molecule has 1 aliphatic rings. The predicted molar refractivity (Wildman–Crippen MR) is 136 cm³/mol. The normalized spacial score (nSPS) is 15.6. The summed E-state index contributed by atoms with van der Waals surface area (Å²) in [6.45, 7) is 1.21. The number of hydroxylamine groups is 1. The van der Waals surface area contributed by atoms with Gasteiger partial charge in [-0.2, -0.15) is 4.98 Å². The number of carbonyl (C=O) groups is 1. The Balaban J connectivity index is 1.53. The van der Waals surface area contributed by atoms with Gasteiger partial charge in [-0.1, -0.05) is 6.07 Å². The van der Waals surface area contributed by atoms with Crippen LogP contribution in [0, 0.1) is 11.6 Å². The highest BCUT2D eigenvalue weighted by atomic mass is 32.2. The van der Waals surface area contributed by atoms with Crippen molar-refractivity contribution in [2.75, 3.05) is 56.4 Å². The van der Waals surface area contributed by atoms with E-state index >= 15 is 0 Å². The number of nitrogens with one attached hydrogen (secondary N) is 1. The molecule has 1 aliphatic heterocycles. The van der Waals surface area contributed by atoms with Crippen molar-refractivity contribution < 1.29 is 18.8 Å². The maximum atomic E-state index is 14.5. The highest BCUT2D eigenvalue weighted by Gasteiger charge is 2.40. The number of carbonyl (C=O) groups excluding carboxylic acids is 1. The van der Waals surface area contributed by atoms with Gasteiger partial charge < -0.3 is 25.2 Å². The van der Waals surface area contributed by atoms with Crippen LogP contribution in [0.4, 0.5) is 31.9 Å². The maximum absolute atomic E-state index is 14.5. The molecule has 1 aromatic heterocycles. The molecular formula is C24H27F2N7O2S. The van der Waals surface area contributed by atoms with Crippen LogP contribution in [0.2, 0.25) is 0 Å². The first-order chi connectivity index (χ1) is 17.2. The third-order valence-corrected chi connectivity index (χ3v) is 6.61. The monoisotopic (exact) mass is 515 g/mol. The predicted octanol–water partition coefficient (Wildman–Crippen LogP) is 3.91. The van der Waals surface area contributed by atoms with Crippen molar-refractivity contribution >= 4 is 41.0 Å². The molecule has 36 heavy (non-hydrogen) atoms. The van der Waals surface area contributed by atoms with E-state index < -0.39 is 23.6 Å². The van der Waals surface area contributed by atoms with Gasteiger partial charge in [0, 0.05) is 37.8 Å². The number of likely N-dealkylation sites (N-methyl/N-ethyl adjacent to an activating group) is 3. The molecule has 2 aromatic carbocycles. The minimum absolute atomic E-state index is 0.256. The average Bonchev–Trinajstić information content (AvgIpc) is 2.84. The highest BCUT2D eigenvalue weighted by molar-refractivity contribution is 7.96. The number of nitrogens with zero attached hydrogens (tertiary/aromatic N) is 6. The standard InChI is InChI=1S/C24H27F2N7O2S/c1-30(2)12-13-33(35)36-16-10-8-15(9-11-16)28-24-27-14-19-22(29-24)32(4)21(23(34)31(19)3)20-17(25)6-5-7-18(20)26/h5-11,14,21,35H,12-13H2,1-4H3,(H,27,28,29). The van der Waals surface area contributed by atoms with Gasteiger partial charge in [0.25, 0.3) is 5.91 Å². The van der Waals surface area contributed by atoms with Crippen molar-refractivity contribution in [3.05, 3.63) is 65.9 Å². The van der Waals surface area contributed by atoms with Crippen LogP contribution >= 0.6 is 11.9 Å². The third kappa shape index (κ3) is 5.41. The fraction of sp³-hybridized carbons (Fsp3) is 0.292. The fourth-order valence-electron chi connectivity index (χ4n) is 3.78. The number of benzene rings is 2.